The molecule has 0 unspecified atom stereocenters. The SMILES string of the molecule is Nc1ccccc1C(=O)N/N=C\c1ccc(OCc2cccc3ccccc23)cc1. The summed E-state index contributed by atoms with van der Waals surface area (Å²) in [5.41, 5.74) is 11.1. The van der Waals surface area contributed by atoms with Crippen molar-refractivity contribution in [3.63, 3.8) is 0 Å². The van der Waals surface area contributed by atoms with Gasteiger partial charge >= 0.3 is 0 Å². The van der Waals surface area contributed by atoms with Gasteiger partial charge in [-0.15, -0.1) is 0 Å². The molecule has 148 valence electrons. The summed E-state index contributed by atoms with van der Waals surface area (Å²) >= 11 is 0. The Morgan fingerprint density at radius 1 is 0.900 bits per heavy atom. The summed E-state index contributed by atoms with van der Waals surface area (Å²) in [6, 6.07) is 28.9. The van der Waals surface area contributed by atoms with Crippen LogP contribution in [0.4, 0.5) is 5.69 Å². The third-order valence-corrected chi connectivity index (χ3v) is 4.74. The number of hydrogen-bond acceptors (Lipinski definition) is 4. The Labute approximate surface area is 174 Å². The molecule has 0 heterocycles. The molecule has 0 saturated heterocycles. The predicted molar refractivity (Wildman–Crippen MR) is 121 cm³/mol. The van der Waals surface area contributed by atoms with Gasteiger partial charge in [0.25, 0.3) is 5.91 Å². The van der Waals surface area contributed by atoms with Gasteiger partial charge in [0.05, 0.1) is 11.8 Å². The van der Waals surface area contributed by atoms with E-state index < -0.39 is 0 Å². The zero-order valence-corrected chi connectivity index (χ0v) is 16.3. The minimum absolute atomic E-state index is 0.348. The van der Waals surface area contributed by atoms with Crippen LogP contribution in [0.5, 0.6) is 5.75 Å². The van der Waals surface area contributed by atoms with E-state index in [2.05, 4.69) is 34.8 Å². The van der Waals surface area contributed by atoms with E-state index in [-0.39, 0.29) is 5.91 Å². The number of rotatable bonds is 6. The first-order chi connectivity index (χ1) is 14.7. The van der Waals surface area contributed by atoms with Crippen molar-refractivity contribution in [3.05, 3.63) is 108 Å². The minimum atomic E-state index is -0.348. The molecular formula is C25H21N3O2. The van der Waals surface area contributed by atoms with Crippen LogP contribution >= 0.6 is 0 Å². The summed E-state index contributed by atoms with van der Waals surface area (Å²) in [7, 11) is 0. The first-order valence-electron chi connectivity index (χ1n) is 9.58. The van der Waals surface area contributed by atoms with Gasteiger partial charge in [0.1, 0.15) is 12.4 Å². The van der Waals surface area contributed by atoms with Gasteiger partial charge in [-0.1, -0.05) is 54.6 Å². The predicted octanol–water partition coefficient (Wildman–Crippen LogP) is 4.76. The quantitative estimate of drug-likeness (QED) is 0.281. The van der Waals surface area contributed by atoms with Gasteiger partial charge in [-0.3, -0.25) is 4.79 Å². The molecule has 4 rings (SSSR count). The number of nitrogens with zero attached hydrogens (tertiary/aromatic N) is 1. The number of anilines is 1. The van der Waals surface area contributed by atoms with Crippen LogP contribution in [0.3, 0.4) is 0 Å². The molecule has 0 aliphatic heterocycles. The lowest BCUT2D eigenvalue weighted by molar-refractivity contribution is 0.0956. The number of ether oxygens (including phenoxy) is 1. The van der Waals surface area contributed by atoms with Crippen molar-refractivity contribution in [2.45, 2.75) is 6.61 Å². The largest absolute Gasteiger partial charge is 0.489 e. The van der Waals surface area contributed by atoms with Gasteiger partial charge in [-0.2, -0.15) is 5.10 Å². The smallest absolute Gasteiger partial charge is 0.273 e. The van der Waals surface area contributed by atoms with Crippen LogP contribution in [0.15, 0.2) is 96.1 Å². The molecule has 3 N–H and O–H groups in total. The summed E-state index contributed by atoms with van der Waals surface area (Å²) in [5, 5.41) is 6.39. The molecule has 0 spiro atoms. The van der Waals surface area contributed by atoms with E-state index in [1.54, 1.807) is 30.5 Å². The van der Waals surface area contributed by atoms with Crippen LogP contribution in [0, 0.1) is 0 Å². The molecular weight excluding hydrogens is 374 g/mol. The van der Waals surface area contributed by atoms with Gasteiger partial charge in [0, 0.05) is 5.69 Å². The minimum Gasteiger partial charge on any atom is -0.489 e. The van der Waals surface area contributed by atoms with Crippen LogP contribution in [-0.4, -0.2) is 12.1 Å². The van der Waals surface area contributed by atoms with E-state index >= 15 is 0 Å². The summed E-state index contributed by atoms with van der Waals surface area (Å²) in [6.45, 7) is 0.489. The van der Waals surface area contributed by atoms with Crippen molar-refractivity contribution < 1.29 is 9.53 Å². The van der Waals surface area contributed by atoms with Gasteiger partial charge in [0.2, 0.25) is 0 Å². The Hall–Kier alpha value is -4.12. The molecule has 0 aliphatic carbocycles. The lowest BCUT2D eigenvalue weighted by Gasteiger charge is -2.09. The molecule has 0 atom stereocenters. The average Bonchev–Trinajstić information content (AvgIpc) is 2.79. The highest BCUT2D eigenvalue weighted by atomic mass is 16.5. The summed E-state index contributed by atoms with van der Waals surface area (Å²) in [4.78, 5) is 12.1. The van der Waals surface area contributed by atoms with E-state index in [1.165, 1.54) is 10.8 Å². The van der Waals surface area contributed by atoms with Gasteiger partial charge in [0.15, 0.2) is 0 Å². The fourth-order valence-corrected chi connectivity index (χ4v) is 3.16. The molecule has 4 aromatic carbocycles. The number of carbonyl (C=O) groups excluding carboxylic acids is 1. The normalized spacial score (nSPS) is 10.9. The number of benzene rings is 4. The number of nitrogen functional groups attached to an aromatic ring is 1. The lowest BCUT2D eigenvalue weighted by atomic mass is 10.1. The topological polar surface area (TPSA) is 76.7 Å². The van der Waals surface area contributed by atoms with Gasteiger partial charge < -0.3 is 10.5 Å². The van der Waals surface area contributed by atoms with Crippen LogP contribution in [0.1, 0.15) is 21.5 Å². The number of fused-ring (bicyclic) bond motifs is 1. The first-order valence-corrected chi connectivity index (χ1v) is 9.58. The number of nitrogens with one attached hydrogen (secondary N) is 1. The van der Waals surface area contributed by atoms with Crippen molar-refractivity contribution in [2.75, 3.05) is 5.73 Å². The lowest BCUT2D eigenvalue weighted by Crippen LogP contribution is -2.18. The van der Waals surface area contributed by atoms with Gasteiger partial charge in [-0.25, -0.2) is 5.43 Å². The molecule has 0 fully saturated rings. The first kappa shape index (κ1) is 19.2. The third kappa shape index (κ3) is 4.47. The second-order valence-electron chi connectivity index (χ2n) is 6.78. The molecule has 0 bridgehead atoms. The Kier molecular flexibility index (Phi) is 5.71. The fraction of sp³-hybridized carbons (Fsp3) is 0.0400. The highest BCUT2D eigenvalue weighted by Crippen LogP contribution is 2.21. The Balaban J connectivity index is 1.35. The molecule has 0 radical (unpaired) electrons. The van der Waals surface area contributed by atoms with E-state index in [4.69, 9.17) is 10.5 Å². The Bertz CT molecular complexity index is 1200. The second kappa shape index (κ2) is 8.92. The third-order valence-electron chi connectivity index (χ3n) is 4.74. The maximum atomic E-state index is 12.1. The number of amides is 1. The van der Waals surface area contributed by atoms with Crippen molar-refractivity contribution >= 4 is 28.6 Å². The van der Waals surface area contributed by atoms with Crippen molar-refractivity contribution in [1.82, 2.24) is 5.43 Å². The summed E-state index contributed by atoms with van der Waals surface area (Å²) < 4.78 is 5.94. The number of hydrazone groups is 1. The fourth-order valence-electron chi connectivity index (χ4n) is 3.16. The maximum Gasteiger partial charge on any atom is 0.273 e. The van der Waals surface area contributed by atoms with E-state index in [1.807, 2.05) is 42.5 Å². The zero-order chi connectivity index (χ0) is 20.8. The van der Waals surface area contributed by atoms with Crippen LogP contribution in [0.2, 0.25) is 0 Å². The number of hydrogen-bond donors (Lipinski definition) is 2. The van der Waals surface area contributed by atoms with Crippen LogP contribution in [-0.2, 0) is 6.61 Å². The highest BCUT2D eigenvalue weighted by molar-refractivity contribution is 5.99. The molecule has 5 heteroatoms. The molecule has 30 heavy (non-hydrogen) atoms. The molecule has 5 nitrogen and oxygen atoms in total. The molecule has 1 amide bonds. The number of carbonyl (C=O) groups is 1. The molecule has 0 saturated carbocycles. The summed E-state index contributed by atoms with van der Waals surface area (Å²) in [5.74, 6) is 0.417. The van der Waals surface area contributed by atoms with E-state index in [9.17, 15) is 4.79 Å². The van der Waals surface area contributed by atoms with E-state index in [0.717, 1.165) is 16.9 Å². The van der Waals surface area contributed by atoms with Crippen molar-refractivity contribution in [2.24, 2.45) is 5.10 Å². The Morgan fingerprint density at radius 2 is 1.63 bits per heavy atom. The molecule has 0 aliphatic rings. The average molecular weight is 395 g/mol. The Morgan fingerprint density at radius 3 is 2.47 bits per heavy atom. The second-order valence-corrected chi connectivity index (χ2v) is 6.78. The number of para-hydroxylation sites is 1. The van der Waals surface area contributed by atoms with Gasteiger partial charge in [-0.05, 0) is 58.3 Å². The molecule has 0 aromatic heterocycles. The highest BCUT2D eigenvalue weighted by Gasteiger charge is 2.07. The van der Waals surface area contributed by atoms with Crippen molar-refractivity contribution in [3.8, 4) is 5.75 Å². The number of nitrogens with two attached hydrogens (primary N) is 1. The van der Waals surface area contributed by atoms with Crippen LogP contribution < -0.4 is 15.9 Å². The standard InChI is InChI=1S/C25H21N3O2/c26-24-11-4-3-10-23(24)25(29)28-27-16-18-12-14-21(15-13-18)30-17-20-8-5-7-19-6-1-2-9-22(19)20/h1-16H,17,26H2,(H,28,29)/b27-16-. The zero-order valence-electron chi connectivity index (χ0n) is 16.3. The van der Waals surface area contributed by atoms with Crippen molar-refractivity contribution in [1.29, 1.82) is 0 Å². The monoisotopic (exact) mass is 395 g/mol. The van der Waals surface area contributed by atoms with E-state index in [0.29, 0.717) is 17.9 Å². The molecule has 4 aromatic rings. The summed E-state index contributed by atoms with van der Waals surface area (Å²) in [6.07, 6.45) is 1.57. The maximum absolute atomic E-state index is 12.1. The van der Waals surface area contributed by atoms with Crippen LogP contribution in [0.25, 0.3) is 10.8 Å².